The van der Waals surface area contributed by atoms with Crippen molar-refractivity contribution in [2.45, 2.75) is 6.04 Å². The first-order valence-electron chi connectivity index (χ1n) is 8.79. The van der Waals surface area contributed by atoms with Crippen LogP contribution in [0.1, 0.15) is 5.56 Å². The van der Waals surface area contributed by atoms with Crippen molar-refractivity contribution in [2.24, 2.45) is 9.98 Å². The third-order valence-corrected chi connectivity index (χ3v) is 5.32. The van der Waals surface area contributed by atoms with Gasteiger partial charge in [0.2, 0.25) is 0 Å². The van der Waals surface area contributed by atoms with Gasteiger partial charge in [0.25, 0.3) is 5.91 Å². The van der Waals surface area contributed by atoms with E-state index < -0.39 is 0 Å². The highest BCUT2D eigenvalue weighted by Gasteiger charge is 2.30. The highest BCUT2D eigenvalue weighted by molar-refractivity contribution is 8.18. The highest BCUT2D eigenvalue weighted by atomic mass is 32.2. The van der Waals surface area contributed by atoms with Gasteiger partial charge >= 0.3 is 0 Å². The zero-order chi connectivity index (χ0) is 19.5. The lowest BCUT2D eigenvalue weighted by molar-refractivity contribution is -0.121. The Bertz CT molecular complexity index is 977. The van der Waals surface area contributed by atoms with Crippen LogP contribution in [-0.4, -0.2) is 49.0 Å². The number of hydrogen-bond acceptors (Lipinski definition) is 6. The van der Waals surface area contributed by atoms with Crippen LogP contribution < -0.4 is 9.47 Å². The number of hydrogen-bond donors (Lipinski definition) is 0. The highest BCUT2D eigenvalue weighted by Crippen LogP contribution is 2.35. The summed E-state index contributed by atoms with van der Waals surface area (Å²) in [6.07, 6.45) is 3.73. The Morgan fingerprint density at radius 2 is 1.96 bits per heavy atom. The summed E-state index contributed by atoms with van der Waals surface area (Å²) in [7, 11) is 3.33. The predicted molar refractivity (Wildman–Crippen MR) is 113 cm³/mol. The lowest BCUT2D eigenvalue weighted by Gasteiger charge is -2.09. The molecule has 1 unspecified atom stereocenters. The average molecular weight is 393 g/mol. The summed E-state index contributed by atoms with van der Waals surface area (Å²) in [6.45, 7) is 0.572. The number of methoxy groups -OCH3 is 1. The standard InChI is InChI=1S/C21H19N3O3S/c1-24-20(25)19(28-21(24)23-17-5-3-4-6-18(17)26-2)11-14-7-9-16(10-8-14)27-13-15-12-22-15/h3-12,15H,13H2,1-2H3/b19-11-,23-21?. The largest absolute Gasteiger partial charge is 0.494 e. The van der Waals surface area contributed by atoms with Crippen LogP contribution in [0, 0.1) is 0 Å². The van der Waals surface area contributed by atoms with E-state index in [0.717, 1.165) is 11.3 Å². The fourth-order valence-electron chi connectivity index (χ4n) is 2.62. The van der Waals surface area contributed by atoms with Gasteiger partial charge in [0.05, 0.1) is 12.0 Å². The van der Waals surface area contributed by atoms with Gasteiger partial charge in [-0.05, 0) is 47.7 Å². The van der Waals surface area contributed by atoms with Gasteiger partial charge in [-0.3, -0.25) is 14.7 Å². The SMILES string of the molecule is COc1ccccc1N=C1S/C(=C\c2ccc(OCC3C=N3)cc2)C(=O)N1C. The first-order valence-corrected chi connectivity index (χ1v) is 9.61. The molecule has 2 aliphatic rings. The van der Waals surface area contributed by atoms with Gasteiger partial charge in [-0.2, -0.15) is 0 Å². The Morgan fingerprint density at radius 1 is 1.21 bits per heavy atom. The Morgan fingerprint density at radius 3 is 2.68 bits per heavy atom. The van der Waals surface area contributed by atoms with Crippen molar-refractivity contribution in [3.63, 3.8) is 0 Å². The molecule has 0 bridgehead atoms. The lowest BCUT2D eigenvalue weighted by atomic mass is 10.2. The third-order valence-electron chi connectivity index (χ3n) is 4.26. The topological polar surface area (TPSA) is 63.5 Å². The van der Waals surface area contributed by atoms with Gasteiger partial charge in [-0.25, -0.2) is 4.99 Å². The second kappa shape index (κ2) is 7.90. The summed E-state index contributed by atoms with van der Waals surface area (Å²) in [4.78, 5) is 23.4. The second-order valence-corrected chi connectivity index (χ2v) is 7.30. The van der Waals surface area contributed by atoms with E-state index in [0.29, 0.717) is 28.1 Å². The molecular weight excluding hydrogens is 374 g/mol. The molecule has 2 aromatic rings. The number of carbonyl (C=O) groups excluding carboxylic acids is 1. The van der Waals surface area contributed by atoms with Crippen molar-refractivity contribution in [3.8, 4) is 11.5 Å². The first-order chi connectivity index (χ1) is 13.6. The quantitative estimate of drug-likeness (QED) is 0.701. The Balaban J connectivity index is 1.50. The number of thioether (sulfide) groups is 1. The Kier molecular flexibility index (Phi) is 5.16. The maximum absolute atomic E-state index is 12.6. The first kappa shape index (κ1) is 18.3. The number of para-hydroxylation sites is 2. The predicted octanol–water partition coefficient (Wildman–Crippen LogP) is 3.76. The molecule has 0 radical (unpaired) electrons. The van der Waals surface area contributed by atoms with E-state index in [1.165, 1.54) is 11.8 Å². The molecular formula is C21H19N3O3S. The van der Waals surface area contributed by atoms with Crippen molar-refractivity contribution in [3.05, 3.63) is 59.0 Å². The summed E-state index contributed by atoms with van der Waals surface area (Å²) in [5.41, 5.74) is 1.62. The van der Waals surface area contributed by atoms with Crippen molar-refractivity contribution >= 4 is 40.8 Å². The average Bonchev–Trinajstić information content (AvgIpc) is 3.52. The van der Waals surface area contributed by atoms with Crippen LogP contribution in [0.3, 0.4) is 0 Å². The van der Waals surface area contributed by atoms with Crippen LogP contribution in [0.4, 0.5) is 5.69 Å². The Labute approximate surface area is 167 Å². The minimum atomic E-state index is -0.0788. The van der Waals surface area contributed by atoms with Crippen LogP contribution >= 0.6 is 11.8 Å². The minimum Gasteiger partial charge on any atom is -0.494 e. The van der Waals surface area contributed by atoms with Crippen molar-refractivity contribution in [1.82, 2.24) is 4.90 Å². The summed E-state index contributed by atoms with van der Waals surface area (Å²) < 4.78 is 11.0. The number of ether oxygens (including phenoxy) is 2. The van der Waals surface area contributed by atoms with Gasteiger partial charge in [0.1, 0.15) is 29.8 Å². The van der Waals surface area contributed by atoms with Gasteiger partial charge in [0.15, 0.2) is 5.17 Å². The third kappa shape index (κ3) is 4.09. The van der Waals surface area contributed by atoms with E-state index in [9.17, 15) is 4.79 Å². The number of carbonyl (C=O) groups is 1. The molecule has 6 nitrogen and oxygen atoms in total. The number of amidine groups is 1. The molecule has 28 heavy (non-hydrogen) atoms. The number of amides is 1. The second-order valence-electron chi connectivity index (χ2n) is 6.29. The molecule has 4 rings (SSSR count). The molecule has 2 aromatic carbocycles. The van der Waals surface area contributed by atoms with Crippen LogP contribution in [0.15, 0.2) is 63.4 Å². The van der Waals surface area contributed by atoms with Crippen LogP contribution in [0.25, 0.3) is 6.08 Å². The van der Waals surface area contributed by atoms with Crippen LogP contribution in [0.2, 0.25) is 0 Å². The van der Waals surface area contributed by atoms with Gasteiger partial charge in [0, 0.05) is 13.3 Å². The van der Waals surface area contributed by atoms with E-state index in [-0.39, 0.29) is 11.9 Å². The summed E-state index contributed by atoms with van der Waals surface area (Å²) in [5.74, 6) is 1.38. The molecule has 0 aliphatic carbocycles. The fourth-order valence-corrected chi connectivity index (χ4v) is 3.60. The number of benzene rings is 2. The summed E-state index contributed by atoms with van der Waals surface area (Å²) in [5, 5.41) is 0.616. The Hall–Kier alpha value is -3.06. The molecule has 1 amide bonds. The van der Waals surface area contributed by atoms with Gasteiger partial charge in [-0.1, -0.05) is 24.3 Å². The molecule has 7 heteroatoms. The van der Waals surface area contributed by atoms with Crippen molar-refractivity contribution < 1.29 is 14.3 Å². The number of aliphatic imine (C=N–C) groups is 2. The van der Waals surface area contributed by atoms with Crippen LogP contribution in [-0.2, 0) is 4.79 Å². The number of rotatable bonds is 6. The number of likely N-dealkylation sites (N-methyl/N-ethyl adjacent to an activating group) is 1. The smallest absolute Gasteiger partial charge is 0.266 e. The maximum Gasteiger partial charge on any atom is 0.266 e. The minimum absolute atomic E-state index is 0.0788. The zero-order valence-electron chi connectivity index (χ0n) is 15.5. The van der Waals surface area contributed by atoms with E-state index in [1.54, 1.807) is 19.1 Å². The summed E-state index contributed by atoms with van der Waals surface area (Å²) >= 11 is 1.35. The van der Waals surface area contributed by atoms with E-state index >= 15 is 0 Å². The molecule has 1 saturated heterocycles. The molecule has 1 fully saturated rings. The lowest BCUT2D eigenvalue weighted by Crippen LogP contribution is -2.23. The number of nitrogens with zero attached hydrogens (tertiary/aromatic N) is 3. The fraction of sp³-hybridized carbons (Fsp3) is 0.190. The van der Waals surface area contributed by atoms with Crippen LogP contribution in [0.5, 0.6) is 11.5 Å². The molecule has 2 aliphatic heterocycles. The molecule has 0 N–H and O–H groups in total. The molecule has 2 heterocycles. The van der Waals surface area contributed by atoms with Crippen molar-refractivity contribution in [1.29, 1.82) is 0 Å². The normalized spacial score (nSPS) is 20.9. The van der Waals surface area contributed by atoms with Crippen molar-refractivity contribution in [2.75, 3.05) is 20.8 Å². The van der Waals surface area contributed by atoms with E-state index in [1.807, 2.05) is 60.8 Å². The van der Waals surface area contributed by atoms with E-state index in [4.69, 9.17) is 9.47 Å². The molecule has 142 valence electrons. The molecule has 0 aromatic heterocycles. The monoisotopic (exact) mass is 393 g/mol. The molecule has 0 saturated carbocycles. The van der Waals surface area contributed by atoms with Gasteiger partial charge in [-0.15, -0.1) is 0 Å². The molecule has 1 atom stereocenters. The van der Waals surface area contributed by atoms with Gasteiger partial charge < -0.3 is 9.47 Å². The maximum atomic E-state index is 12.6. The zero-order valence-corrected chi connectivity index (χ0v) is 16.3. The van der Waals surface area contributed by atoms with E-state index in [2.05, 4.69) is 9.98 Å². The summed E-state index contributed by atoms with van der Waals surface area (Å²) in [6, 6.07) is 15.4. The molecule has 0 spiro atoms.